The third-order valence-corrected chi connectivity index (χ3v) is 4.98. The van der Waals surface area contributed by atoms with Gasteiger partial charge in [0.05, 0.1) is 16.2 Å². The predicted octanol–water partition coefficient (Wildman–Crippen LogP) is 1.59. The van der Waals surface area contributed by atoms with E-state index in [1.807, 2.05) is 20.0 Å². The Kier molecular flexibility index (Phi) is 2.87. The number of amides is 1. The van der Waals surface area contributed by atoms with Gasteiger partial charge in [-0.05, 0) is 32.3 Å². The second kappa shape index (κ2) is 4.31. The first-order valence-electron chi connectivity index (χ1n) is 6.42. The van der Waals surface area contributed by atoms with E-state index in [0.717, 1.165) is 35.2 Å². The Morgan fingerprint density at radius 1 is 1.63 bits per heavy atom. The molecular formula is C13H17N3O2S. The molecular weight excluding hydrogens is 262 g/mol. The molecule has 1 amide bonds. The highest BCUT2D eigenvalue weighted by atomic mass is 32.1. The van der Waals surface area contributed by atoms with Crippen LogP contribution in [0, 0.1) is 6.92 Å². The molecule has 5 nitrogen and oxygen atoms in total. The van der Waals surface area contributed by atoms with Crippen LogP contribution in [0.25, 0.3) is 10.2 Å². The number of carbonyl (C=O) groups excluding carboxylic acids is 1. The summed E-state index contributed by atoms with van der Waals surface area (Å²) in [6.07, 6.45) is 2.60. The average molecular weight is 279 g/mol. The van der Waals surface area contributed by atoms with Gasteiger partial charge in [-0.1, -0.05) is 0 Å². The van der Waals surface area contributed by atoms with Crippen LogP contribution in [0.5, 0.6) is 0 Å². The van der Waals surface area contributed by atoms with Crippen molar-refractivity contribution >= 4 is 27.5 Å². The number of thiophene rings is 1. The molecule has 19 heavy (non-hydrogen) atoms. The predicted molar refractivity (Wildman–Crippen MR) is 74.5 cm³/mol. The van der Waals surface area contributed by atoms with Gasteiger partial charge >= 0.3 is 0 Å². The van der Waals surface area contributed by atoms with Gasteiger partial charge in [-0.3, -0.25) is 9.48 Å². The molecule has 3 rings (SSSR count). The van der Waals surface area contributed by atoms with Gasteiger partial charge in [0.25, 0.3) is 5.91 Å². The Morgan fingerprint density at radius 3 is 2.95 bits per heavy atom. The molecule has 6 heteroatoms. The summed E-state index contributed by atoms with van der Waals surface area (Å²) in [6.45, 7) is 2.28. The lowest BCUT2D eigenvalue weighted by Gasteiger charge is -2.36. The second-order valence-electron chi connectivity index (χ2n) is 5.30. The van der Waals surface area contributed by atoms with Crippen LogP contribution < -0.4 is 5.32 Å². The fraction of sp³-hybridized carbons (Fsp3) is 0.538. The summed E-state index contributed by atoms with van der Waals surface area (Å²) in [7, 11) is 1.88. The minimum absolute atomic E-state index is 0.110. The lowest BCUT2D eigenvalue weighted by atomic mass is 9.80. The summed E-state index contributed by atoms with van der Waals surface area (Å²) in [5.74, 6) is -0.110. The van der Waals surface area contributed by atoms with E-state index < -0.39 is 5.60 Å². The number of aliphatic hydroxyl groups is 1. The molecule has 0 saturated heterocycles. The van der Waals surface area contributed by atoms with E-state index in [4.69, 9.17) is 0 Å². The van der Waals surface area contributed by atoms with E-state index in [-0.39, 0.29) is 5.91 Å². The molecule has 1 saturated carbocycles. The van der Waals surface area contributed by atoms with E-state index >= 15 is 0 Å². The molecule has 2 N–H and O–H groups in total. The number of fused-ring (bicyclic) bond motifs is 1. The number of aromatic nitrogens is 2. The molecule has 0 bridgehead atoms. The number of nitrogens with one attached hydrogen (secondary N) is 1. The number of hydrogen-bond donors (Lipinski definition) is 2. The van der Waals surface area contributed by atoms with Crippen LogP contribution in [-0.2, 0) is 7.05 Å². The number of aryl methyl sites for hydroxylation is 2. The zero-order chi connectivity index (χ0) is 13.6. The SMILES string of the molecule is Cc1nn(C)c2sc(C(=O)NCC3(O)CCC3)cc12. The first-order chi connectivity index (χ1) is 8.98. The van der Waals surface area contributed by atoms with Crippen LogP contribution >= 0.6 is 11.3 Å². The molecule has 2 heterocycles. The minimum atomic E-state index is -0.677. The van der Waals surface area contributed by atoms with Crippen molar-refractivity contribution in [2.24, 2.45) is 7.05 Å². The van der Waals surface area contributed by atoms with Crippen molar-refractivity contribution < 1.29 is 9.90 Å². The highest BCUT2D eigenvalue weighted by Crippen LogP contribution is 2.31. The highest BCUT2D eigenvalue weighted by Gasteiger charge is 2.34. The Labute approximate surface area is 115 Å². The van der Waals surface area contributed by atoms with Crippen molar-refractivity contribution in [3.8, 4) is 0 Å². The molecule has 0 unspecified atom stereocenters. The van der Waals surface area contributed by atoms with Crippen LogP contribution in [0.15, 0.2) is 6.07 Å². The van der Waals surface area contributed by atoms with Crippen molar-refractivity contribution in [1.82, 2.24) is 15.1 Å². The topological polar surface area (TPSA) is 67.2 Å². The van der Waals surface area contributed by atoms with Gasteiger partial charge < -0.3 is 10.4 Å². The van der Waals surface area contributed by atoms with Gasteiger partial charge in [0.2, 0.25) is 0 Å². The summed E-state index contributed by atoms with van der Waals surface area (Å²) in [6, 6.07) is 1.88. The summed E-state index contributed by atoms with van der Waals surface area (Å²) in [5.41, 5.74) is 0.259. The van der Waals surface area contributed by atoms with Gasteiger partial charge in [0.1, 0.15) is 4.83 Å². The lowest BCUT2D eigenvalue weighted by Crippen LogP contribution is -2.47. The Hall–Kier alpha value is -1.40. The molecule has 0 aromatic carbocycles. The number of hydrogen-bond acceptors (Lipinski definition) is 4. The van der Waals surface area contributed by atoms with Gasteiger partial charge in [0.15, 0.2) is 0 Å². The summed E-state index contributed by atoms with van der Waals surface area (Å²) < 4.78 is 1.80. The van der Waals surface area contributed by atoms with Crippen LogP contribution in [0.1, 0.15) is 34.6 Å². The molecule has 0 spiro atoms. The molecule has 1 fully saturated rings. The highest BCUT2D eigenvalue weighted by molar-refractivity contribution is 7.20. The monoisotopic (exact) mass is 279 g/mol. The zero-order valence-corrected chi connectivity index (χ0v) is 11.9. The fourth-order valence-electron chi connectivity index (χ4n) is 2.41. The summed E-state index contributed by atoms with van der Waals surface area (Å²) >= 11 is 1.44. The number of nitrogens with zero attached hydrogens (tertiary/aromatic N) is 2. The van der Waals surface area contributed by atoms with E-state index in [9.17, 15) is 9.90 Å². The first kappa shape index (κ1) is 12.6. The average Bonchev–Trinajstić information content (AvgIpc) is 2.87. The van der Waals surface area contributed by atoms with Crippen LogP contribution in [0.2, 0.25) is 0 Å². The van der Waals surface area contributed by atoms with Gasteiger partial charge in [0, 0.05) is 19.0 Å². The van der Waals surface area contributed by atoms with E-state index in [0.29, 0.717) is 11.4 Å². The Bertz CT molecular complexity index is 605. The van der Waals surface area contributed by atoms with Crippen molar-refractivity contribution in [2.75, 3.05) is 6.54 Å². The van der Waals surface area contributed by atoms with Crippen molar-refractivity contribution in [1.29, 1.82) is 0 Å². The number of rotatable bonds is 3. The van der Waals surface area contributed by atoms with Gasteiger partial charge in [-0.2, -0.15) is 5.10 Å². The molecule has 1 aliphatic carbocycles. The molecule has 0 atom stereocenters. The normalized spacial score (nSPS) is 17.4. The van der Waals surface area contributed by atoms with Crippen LogP contribution in [0.4, 0.5) is 0 Å². The maximum Gasteiger partial charge on any atom is 0.261 e. The van der Waals surface area contributed by atoms with E-state index in [1.165, 1.54) is 11.3 Å². The molecule has 2 aromatic rings. The van der Waals surface area contributed by atoms with E-state index in [1.54, 1.807) is 4.68 Å². The molecule has 0 aliphatic heterocycles. The van der Waals surface area contributed by atoms with Crippen molar-refractivity contribution in [3.05, 3.63) is 16.6 Å². The lowest BCUT2D eigenvalue weighted by molar-refractivity contribution is -0.0300. The van der Waals surface area contributed by atoms with Gasteiger partial charge in [-0.25, -0.2) is 0 Å². The van der Waals surface area contributed by atoms with E-state index in [2.05, 4.69) is 10.4 Å². The van der Waals surface area contributed by atoms with Gasteiger partial charge in [-0.15, -0.1) is 11.3 Å². The van der Waals surface area contributed by atoms with Crippen LogP contribution in [0.3, 0.4) is 0 Å². The first-order valence-corrected chi connectivity index (χ1v) is 7.24. The Balaban J connectivity index is 1.76. The van der Waals surface area contributed by atoms with Crippen molar-refractivity contribution in [3.63, 3.8) is 0 Å². The molecule has 0 radical (unpaired) electrons. The zero-order valence-electron chi connectivity index (χ0n) is 11.1. The molecule has 2 aromatic heterocycles. The molecule has 102 valence electrons. The minimum Gasteiger partial charge on any atom is -0.388 e. The van der Waals surface area contributed by atoms with Crippen LogP contribution in [-0.4, -0.2) is 32.9 Å². The van der Waals surface area contributed by atoms with Crippen molar-refractivity contribution in [2.45, 2.75) is 31.8 Å². The maximum atomic E-state index is 12.1. The Morgan fingerprint density at radius 2 is 2.37 bits per heavy atom. The third-order valence-electron chi connectivity index (χ3n) is 3.78. The smallest absolute Gasteiger partial charge is 0.261 e. The maximum absolute atomic E-state index is 12.1. The summed E-state index contributed by atoms with van der Waals surface area (Å²) in [4.78, 5) is 13.8. The molecule has 1 aliphatic rings. The standard InChI is InChI=1S/C13H17N3O2S/c1-8-9-6-10(19-12(9)16(2)15-8)11(17)14-7-13(18)4-3-5-13/h6,18H,3-5,7H2,1-2H3,(H,14,17). The number of carbonyl (C=O) groups is 1. The summed E-state index contributed by atoms with van der Waals surface area (Å²) in [5, 5.41) is 18.1. The quantitative estimate of drug-likeness (QED) is 0.896. The largest absolute Gasteiger partial charge is 0.388 e. The second-order valence-corrected chi connectivity index (χ2v) is 6.33. The fourth-order valence-corrected chi connectivity index (χ4v) is 3.45. The third kappa shape index (κ3) is 2.15.